The Balaban J connectivity index is 2.71. The minimum absolute atomic E-state index is 0.0724. The van der Waals surface area contributed by atoms with Crippen LogP contribution in [-0.4, -0.2) is 92.8 Å². The van der Waals surface area contributed by atoms with Crippen LogP contribution in [0.25, 0.3) is 0 Å². The Morgan fingerprint density at radius 1 is 0.738 bits per heavy atom. The van der Waals surface area contributed by atoms with Gasteiger partial charge in [0.15, 0.2) is 11.5 Å². The number of unbranched alkanes of at least 4 members (excludes halogenated alkanes) is 1. The summed E-state index contributed by atoms with van der Waals surface area (Å²) in [6.45, 7) is 30.4. The number of rotatable bonds is 34. The number of hydrogen-bond donors (Lipinski definition) is 4. The van der Waals surface area contributed by atoms with Gasteiger partial charge < -0.3 is 39.6 Å². The van der Waals surface area contributed by atoms with Crippen molar-refractivity contribution >= 4 is 35.6 Å². The van der Waals surface area contributed by atoms with Gasteiger partial charge in [-0.1, -0.05) is 59.6 Å². The molecule has 0 radical (unpaired) electrons. The van der Waals surface area contributed by atoms with Gasteiger partial charge in [-0.05, 0) is 137 Å². The molecule has 1 aromatic rings. The van der Waals surface area contributed by atoms with Crippen LogP contribution in [0.3, 0.4) is 0 Å². The quantitative estimate of drug-likeness (QED) is 0.0169. The molecule has 0 aliphatic heterocycles. The summed E-state index contributed by atoms with van der Waals surface area (Å²) in [5.74, 6) is -0.846. The Labute approximate surface area is 397 Å². The number of carbonyl (C=O) groups excluding carboxylic acids is 4. The molecule has 0 aliphatic carbocycles. The molecule has 2 unspecified atom stereocenters. The molecule has 374 valence electrons. The lowest BCUT2D eigenvalue weighted by Crippen LogP contribution is -2.45. The van der Waals surface area contributed by atoms with Gasteiger partial charge in [-0.15, -0.1) is 6.58 Å². The Kier molecular flexibility index (Phi) is 25.3. The summed E-state index contributed by atoms with van der Waals surface area (Å²) in [5.41, 5.74) is -2.90. The number of amides is 1. The van der Waals surface area contributed by atoms with E-state index < -0.39 is 33.7 Å². The van der Waals surface area contributed by atoms with Gasteiger partial charge in [0.2, 0.25) is 5.91 Å². The van der Waals surface area contributed by atoms with Crippen LogP contribution in [0.4, 0.5) is 0 Å². The highest BCUT2D eigenvalue weighted by atomic mass is 32.2. The van der Waals surface area contributed by atoms with Gasteiger partial charge in [0.05, 0.1) is 30.7 Å². The van der Waals surface area contributed by atoms with E-state index in [9.17, 15) is 34.5 Å². The molecule has 0 fully saturated rings. The molecule has 0 saturated carbocycles. The van der Waals surface area contributed by atoms with Crippen LogP contribution in [-0.2, 0) is 44.5 Å². The molecule has 65 heavy (non-hydrogen) atoms. The minimum Gasteiger partial charge on any atom is -0.504 e. The molecule has 1 amide bonds. The number of allylic oxidation sites excluding steroid dienone is 1. The van der Waals surface area contributed by atoms with Crippen LogP contribution in [0.5, 0.6) is 11.5 Å². The van der Waals surface area contributed by atoms with Crippen LogP contribution in [0.1, 0.15) is 179 Å². The zero-order valence-electron chi connectivity index (χ0n) is 42.6. The predicted molar refractivity (Wildman–Crippen MR) is 262 cm³/mol. The van der Waals surface area contributed by atoms with Gasteiger partial charge >= 0.3 is 17.9 Å². The number of phenols is 2. The first-order chi connectivity index (χ1) is 30.0. The van der Waals surface area contributed by atoms with E-state index in [1.54, 1.807) is 37.8 Å². The zero-order chi connectivity index (χ0) is 49.7. The molecule has 0 heterocycles. The van der Waals surface area contributed by atoms with Gasteiger partial charge in [0.25, 0.3) is 0 Å². The highest BCUT2D eigenvalue weighted by Gasteiger charge is 2.43. The van der Waals surface area contributed by atoms with Crippen molar-refractivity contribution in [2.24, 2.45) is 22.7 Å². The molecule has 1 aromatic carbocycles. The van der Waals surface area contributed by atoms with E-state index in [-0.39, 0.29) is 53.3 Å². The summed E-state index contributed by atoms with van der Waals surface area (Å²) in [6.07, 6.45) is 10.2. The van der Waals surface area contributed by atoms with Crippen molar-refractivity contribution in [3.8, 4) is 11.5 Å². The number of phenolic OH excluding ortho intramolecular Hbond substituents is 2. The topological polar surface area (TPSA) is 178 Å². The number of ether oxygens (including phenoxy) is 4. The SMILES string of the molecule is C=CCC(CCCC(C)(C)C(C)(C)OC(=O)C(CCCC(C)(C)O)COCCSCCC(=O)NCCc1ccc(O)c(O)c1)C(=O)OC(C)(C)C(C)(C)CCCCC(=O)OC(C)(C)CC. The second kappa shape index (κ2) is 27.5. The highest BCUT2D eigenvalue weighted by molar-refractivity contribution is 7.99. The number of carbonyl (C=O) groups is 4. The Bertz CT molecular complexity index is 1630. The predicted octanol–water partition coefficient (Wildman–Crippen LogP) is 10.8. The summed E-state index contributed by atoms with van der Waals surface area (Å²) >= 11 is 1.59. The summed E-state index contributed by atoms with van der Waals surface area (Å²) < 4.78 is 24.1. The largest absolute Gasteiger partial charge is 0.504 e. The zero-order valence-corrected chi connectivity index (χ0v) is 43.4. The molecule has 2 atom stereocenters. The molecular formula is C52H89NO11S. The smallest absolute Gasteiger partial charge is 0.311 e. The van der Waals surface area contributed by atoms with Crippen molar-refractivity contribution in [1.82, 2.24) is 5.32 Å². The average Bonchev–Trinajstić information content (AvgIpc) is 3.18. The molecular weight excluding hydrogens is 847 g/mol. The maximum Gasteiger partial charge on any atom is 0.311 e. The molecule has 13 heteroatoms. The Morgan fingerprint density at radius 3 is 1.88 bits per heavy atom. The van der Waals surface area contributed by atoms with E-state index in [0.29, 0.717) is 95.3 Å². The number of aromatic hydroxyl groups is 2. The van der Waals surface area contributed by atoms with Gasteiger partial charge in [-0.25, -0.2) is 0 Å². The summed E-state index contributed by atoms with van der Waals surface area (Å²) in [6, 6.07) is 4.61. The number of benzene rings is 1. The van der Waals surface area contributed by atoms with Crippen LogP contribution in [0.15, 0.2) is 30.9 Å². The van der Waals surface area contributed by atoms with Crippen molar-refractivity contribution in [2.45, 2.75) is 202 Å². The number of esters is 3. The maximum absolute atomic E-state index is 13.8. The second-order valence-corrected chi connectivity index (χ2v) is 22.5. The fraction of sp³-hybridized carbons (Fsp3) is 0.769. The van der Waals surface area contributed by atoms with Gasteiger partial charge in [0, 0.05) is 41.7 Å². The van der Waals surface area contributed by atoms with Gasteiger partial charge in [0.1, 0.15) is 16.8 Å². The summed E-state index contributed by atoms with van der Waals surface area (Å²) in [4.78, 5) is 52.2. The van der Waals surface area contributed by atoms with E-state index in [2.05, 4.69) is 39.6 Å². The van der Waals surface area contributed by atoms with E-state index in [1.807, 2.05) is 48.5 Å². The molecule has 0 bridgehead atoms. The van der Waals surface area contributed by atoms with Crippen molar-refractivity contribution in [3.05, 3.63) is 36.4 Å². The van der Waals surface area contributed by atoms with Crippen molar-refractivity contribution in [1.29, 1.82) is 0 Å². The van der Waals surface area contributed by atoms with E-state index in [4.69, 9.17) is 18.9 Å². The Hall–Kier alpha value is -3.29. The van der Waals surface area contributed by atoms with Crippen LogP contribution >= 0.6 is 11.8 Å². The number of nitrogens with one attached hydrogen (secondary N) is 1. The minimum atomic E-state index is -0.861. The third kappa shape index (κ3) is 23.3. The molecule has 0 aromatic heterocycles. The number of aliphatic hydroxyl groups is 1. The van der Waals surface area contributed by atoms with Crippen molar-refractivity contribution in [3.63, 3.8) is 0 Å². The van der Waals surface area contributed by atoms with Crippen molar-refractivity contribution < 1.29 is 53.4 Å². The molecule has 0 aliphatic rings. The summed E-state index contributed by atoms with van der Waals surface area (Å²) in [5, 5.41) is 32.3. The Morgan fingerprint density at radius 2 is 1.31 bits per heavy atom. The molecule has 0 saturated heterocycles. The lowest BCUT2D eigenvalue weighted by molar-refractivity contribution is -0.177. The average molecular weight is 936 g/mol. The third-order valence-corrected chi connectivity index (χ3v) is 14.3. The molecule has 1 rings (SSSR count). The molecule has 12 nitrogen and oxygen atoms in total. The molecule has 0 spiro atoms. The number of hydrogen-bond acceptors (Lipinski definition) is 12. The van der Waals surface area contributed by atoms with Crippen LogP contribution in [0.2, 0.25) is 0 Å². The van der Waals surface area contributed by atoms with E-state index >= 15 is 0 Å². The standard InChI is InChI=1S/C52H89NO11S/c1-15-21-39(45(58)63-51(11,12)47(3,4)29-18-17-24-44(57)62-50(9,10)16-2)22-19-30-48(5,6)52(13,14)64-46(59)40(23-20-31-49(7,8)60)37-61-33-35-65-34-28-43(56)53-32-27-38-25-26-41(54)42(55)36-38/h15,25-26,36,39-40,54-55,60H,1,16-24,27-35,37H2,2-14H3,(H,53,56). The van der Waals surface area contributed by atoms with Gasteiger partial charge in [-0.3, -0.25) is 19.2 Å². The first kappa shape index (κ1) is 59.7. The van der Waals surface area contributed by atoms with Crippen LogP contribution < -0.4 is 5.32 Å². The highest BCUT2D eigenvalue weighted by Crippen LogP contribution is 2.42. The summed E-state index contributed by atoms with van der Waals surface area (Å²) in [7, 11) is 0. The first-order valence-electron chi connectivity index (χ1n) is 23.9. The molecule has 4 N–H and O–H groups in total. The van der Waals surface area contributed by atoms with Crippen molar-refractivity contribution in [2.75, 3.05) is 31.3 Å². The fourth-order valence-corrected chi connectivity index (χ4v) is 7.73. The monoisotopic (exact) mass is 936 g/mol. The van der Waals surface area contributed by atoms with E-state index in [1.165, 1.54) is 12.1 Å². The third-order valence-electron chi connectivity index (χ3n) is 13.4. The lowest BCUT2D eigenvalue weighted by atomic mass is 9.72. The van der Waals surface area contributed by atoms with Crippen LogP contribution in [0, 0.1) is 22.7 Å². The van der Waals surface area contributed by atoms with Gasteiger partial charge in [-0.2, -0.15) is 11.8 Å². The maximum atomic E-state index is 13.8. The normalized spacial score (nSPS) is 13.8. The number of thioether (sulfide) groups is 1. The lowest BCUT2D eigenvalue weighted by Gasteiger charge is -2.42. The second-order valence-electron chi connectivity index (χ2n) is 21.3. The first-order valence-corrected chi connectivity index (χ1v) is 25.1. The fourth-order valence-electron chi connectivity index (χ4n) is 6.96. The van der Waals surface area contributed by atoms with E-state index in [0.717, 1.165) is 24.8 Å².